The zero-order valence-corrected chi connectivity index (χ0v) is 14.9. The van der Waals surface area contributed by atoms with Crippen molar-refractivity contribution in [2.75, 3.05) is 0 Å². The molecule has 146 valence electrons. The Morgan fingerprint density at radius 3 is 2.55 bits per heavy atom. The second-order valence-electron chi connectivity index (χ2n) is 6.31. The van der Waals surface area contributed by atoms with Crippen molar-refractivity contribution in [3.8, 4) is 17.0 Å². The van der Waals surface area contributed by atoms with Crippen LogP contribution >= 0.6 is 0 Å². The van der Waals surface area contributed by atoms with Crippen LogP contribution in [0.5, 0.6) is 5.75 Å². The van der Waals surface area contributed by atoms with Gasteiger partial charge >= 0.3 is 6.18 Å². The van der Waals surface area contributed by atoms with Crippen LogP contribution in [0.1, 0.15) is 11.1 Å². The number of H-pyrrole nitrogens is 1. The quantitative estimate of drug-likeness (QED) is 0.547. The summed E-state index contributed by atoms with van der Waals surface area (Å²) in [7, 11) is 0. The smallest absolute Gasteiger partial charge is 0.416 e. The molecule has 0 aliphatic heterocycles. The number of ether oxygens (including phenoxy) is 1. The molecule has 4 aromatic rings. The molecule has 2 aromatic carbocycles. The van der Waals surface area contributed by atoms with Gasteiger partial charge in [-0.2, -0.15) is 18.3 Å². The van der Waals surface area contributed by atoms with Gasteiger partial charge in [0.15, 0.2) is 0 Å². The van der Waals surface area contributed by atoms with Crippen LogP contribution in [0.4, 0.5) is 13.2 Å². The maximum atomic E-state index is 13.2. The minimum Gasteiger partial charge on any atom is -0.488 e. The Hall–Kier alpha value is -3.68. The summed E-state index contributed by atoms with van der Waals surface area (Å²) >= 11 is 0. The van der Waals surface area contributed by atoms with Gasteiger partial charge in [-0.25, -0.2) is 5.10 Å². The molecule has 29 heavy (non-hydrogen) atoms. The molecule has 0 aliphatic rings. The molecular weight excluding hydrogens is 383 g/mol. The van der Waals surface area contributed by atoms with Gasteiger partial charge in [0, 0.05) is 23.3 Å². The molecule has 1 N–H and O–H groups in total. The van der Waals surface area contributed by atoms with Gasteiger partial charge in [-0.1, -0.05) is 30.3 Å². The molecule has 0 saturated carbocycles. The predicted octanol–water partition coefficient (Wildman–Crippen LogP) is 4.58. The predicted molar refractivity (Wildman–Crippen MR) is 101 cm³/mol. The summed E-state index contributed by atoms with van der Waals surface area (Å²) in [4.78, 5) is 16.0. The second kappa shape index (κ2) is 7.38. The van der Waals surface area contributed by atoms with Crippen LogP contribution in [0.3, 0.4) is 0 Å². The summed E-state index contributed by atoms with van der Waals surface area (Å²) in [6, 6.07) is 13.8. The third kappa shape index (κ3) is 3.82. The number of fused-ring (bicyclic) bond motifs is 1. The summed E-state index contributed by atoms with van der Waals surface area (Å²) in [6.45, 7) is 0.0781. The molecule has 0 bridgehead atoms. The first kappa shape index (κ1) is 18.7. The van der Waals surface area contributed by atoms with Crippen molar-refractivity contribution < 1.29 is 17.9 Å². The van der Waals surface area contributed by atoms with Gasteiger partial charge in [-0.15, -0.1) is 0 Å². The van der Waals surface area contributed by atoms with E-state index >= 15 is 0 Å². The number of alkyl halides is 3. The Morgan fingerprint density at radius 2 is 1.79 bits per heavy atom. The largest absolute Gasteiger partial charge is 0.488 e. The Bertz CT molecular complexity index is 1220. The fourth-order valence-corrected chi connectivity index (χ4v) is 2.96. The first-order chi connectivity index (χ1) is 13.9. The summed E-state index contributed by atoms with van der Waals surface area (Å²) in [6.07, 6.45) is -1.61. The van der Waals surface area contributed by atoms with Crippen LogP contribution in [0.15, 0.2) is 71.8 Å². The number of halogens is 3. The second-order valence-corrected chi connectivity index (χ2v) is 6.31. The van der Waals surface area contributed by atoms with E-state index in [4.69, 9.17) is 4.74 Å². The highest BCUT2D eigenvalue weighted by Gasteiger charge is 2.31. The van der Waals surface area contributed by atoms with Crippen LogP contribution in [0.2, 0.25) is 0 Å². The number of aromatic nitrogens is 3. The third-order valence-corrected chi connectivity index (χ3v) is 4.39. The van der Waals surface area contributed by atoms with Crippen molar-refractivity contribution in [3.05, 3.63) is 88.5 Å². The number of hydrogen-bond acceptors (Lipinski definition) is 4. The van der Waals surface area contributed by atoms with Gasteiger partial charge in [0.1, 0.15) is 18.1 Å². The van der Waals surface area contributed by atoms with Gasteiger partial charge in [0.05, 0.1) is 10.9 Å². The minimum atomic E-state index is -4.52. The molecular formula is C21H14F3N3O2. The molecule has 2 heterocycles. The van der Waals surface area contributed by atoms with Crippen molar-refractivity contribution in [3.63, 3.8) is 0 Å². The van der Waals surface area contributed by atoms with Crippen LogP contribution in [0, 0.1) is 0 Å². The zero-order valence-electron chi connectivity index (χ0n) is 14.9. The van der Waals surface area contributed by atoms with Gasteiger partial charge < -0.3 is 4.74 Å². The Labute approximate surface area is 162 Å². The number of rotatable bonds is 4. The lowest BCUT2D eigenvalue weighted by Crippen LogP contribution is -2.11. The lowest BCUT2D eigenvalue weighted by Gasteiger charge is -2.15. The lowest BCUT2D eigenvalue weighted by atomic mass is 10.0. The number of hydrogen-bond donors (Lipinski definition) is 1. The minimum absolute atomic E-state index is 0.00776. The fraction of sp³-hybridized carbons (Fsp3) is 0.0952. The molecule has 0 unspecified atom stereocenters. The lowest BCUT2D eigenvalue weighted by molar-refractivity contribution is -0.137. The van der Waals surface area contributed by atoms with Crippen LogP contribution in [-0.2, 0) is 12.8 Å². The van der Waals surface area contributed by atoms with Crippen molar-refractivity contribution in [2.24, 2.45) is 0 Å². The number of pyridine rings is 1. The van der Waals surface area contributed by atoms with Crippen LogP contribution in [0.25, 0.3) is 22.0 Å². The Kier molecular flexibility index (Phi) is 4.75. The topological polar surface area (TPSA) is 67.9 Å². The van der Waals surface area contributed by atoms with Crippen molar-refractivity contribution in [2.45, 2.75) is 12.8 Å². The SMILES string of the molecule is O=c1[nH]nc(-c2ccc(C(F)(F)F)cc2OCc2ccccc2)c2cnccc12. The molecule has 0 amide bonds. The highest BCUT2D eigenvalue weighted by atomic mass is 19.4. The van der Waals surface area contributed by atoms with Gasteiger partial charge in [0.25, 0.3) is 5.56 Å². The Balaban J connectivity index is 1.85. The standard InChI is InChI=1S/C21H14F3N3O2/c22-21(23,24)14-6-7-16(18(10-14)29-12-13-4-2-1-3-5-13)19-17-11-25-9-8-15(17)20(28)27-26-19/h1-11H,12H2,(H,27,28). The van der Waals surface area contributed by atoms with E-state index in [0.717, 1.165) is 17.7 Å². The van der Waals surface area contributed by atoms with E-state index in [-0.39, 0.29) is 18.1 Å². The Morgan fingerprint density at radius 1 is 1.00 bits per heavy atom. The molecule has 2 aromatic heterocycles. The first-order valence-electron chi connectivity index (χ1n) is 8.64. The maximum Gasteiger partial charge on any atom is 0.416 e. The number of benzene rings is 2. The first-order valence-corrected chi connectivity index (χ1v) is 8.64. The van der Waals surface area contributed by atoms with Gasteiger partial charge in [-0.3, -0.25) is 9.78 Å². The molecule has 4 rings (SSSR count). The zero-order chi connectivity index (χ0) is 20.4. The average Bonchev–Trinajstić information content (AvgIpc) is 2.73. The van der Waals surface area contributed by atoms with Gasteiger partial charge in [0.2, 0.25) is 0 Å². The van der Waals surface area contributed by atoms with E-state index in [1.54, 1.807) is 0 Å². The molecule has 0 spiro atoms. The highest BCUT2D eigenvalue weighted by molar-refractivity contribution is 5.94. The van der Waals surface area contributed by atoms with E-state index in [1.165, 1.54) is 24.5 Å². The number of aromatic amines is 1. The average molecular weight is 397 g/mol. The molecule has 0 radical (unpaired) electrons. The van der Waals surface area contributed by atoms with Crippen molar-refractivity contribution in [1.29, 1.82) is 0 Å². The summed E-state index contributed by atoms with van der Waals surface area (Å²) in [5, 5.41) is 7.17. The van der Waals surface area contributed by atoms with E-state index in [9.17, 15) is 18.0 Å². The van der Waals surface area contributed by atoms with Crippen molar-refractivity contribution in [1.82, 2.24) is 15.2 Å². The van der Waals surface area contributed by atoms with E-state index < -0.39 is 17.3 Å². The van der Waals surface area contributed by atoms with Crippen LogP contribution in [-0.4, -0.2) is 15.2 Å². The van der Waals surface area contributed by atoms with Crippen LogP contribution < -0.4 is 10.3 Å². The van der Waals surface area contributed by atoms with Gasteiger partial charge in [-0.05, 0) is 29.8 Å². The summed E-state index contributed by atoms with van der Waals surface area (Å²) < 4.78 is 45.5. The number of nitrogens with zero attached hydrogens (tertiary/aromatic N) is 2. The van der Waals surface area contributed by atoms with Crippen molar-refractivity contribution >= 4 is 10.8 Å². The molecule has 0 aliphatic carbocycles. The normalized spacial score (nSPS) is 11.6. The monoisotopic (exact) mass is 397 g/mol. The molecule has 0 saturated heterocycles. The fourth-order valence-electron chi connectivity index (χ4n) is 2.96. The van der Waals surface area contributed by atoms with E-state index in [1.807, 2.05) is 30.3 Å². The maximum absolute atomic E-state index is 13.2. The number of nitrogens with one attached hydrogen (secondary N) is 1. The molecule has 8 heteroatoms. The summed E-state index contributed by atoms with van der Waals surface area (Å²) in [5.74, 6) is 0.00776. The highest BCUT2D eigenvalue weighted by Crippen LogP contribution is 2.38. The summed E-state index contributed by atoms with van der Waals surface area (Å²) in [5.41, 5.74) is 0.158. The molecule has 0 fully saturated rings. The van der Waals surface area contributed by atoms with E-state index in [0.29, 0.717) is 16.3 Å². The van der Waals surface area contributed by atoms with E-state index in [2.05, 4.69) is 15.2 Å². The third-order valence-electron chi connectivity index (χ3n) is 4.39. The molecule has 0 atom stereocenters. The molecule has 5 nitrogen and oxygen atoms in total.